The van der Waals surface area contributed by atoms with Crippen LogP contribution in [0.15, 0.2) is 110 Å². The number of imidazole rings is 1. The van der Waals surface area contributed by atoms with E-state index in [0.717, 1.165) is 16.7 Å². The molecule has 1 aliphatic rings. The molecule has 0 spiro atoms. The Bertz CT molecular complexity index is 1590. The number of ether oxygens (including phenoxy) is 4. The molecule has 3 aromatic carbocycles. The molecule has 6 rings (SSSR count). The van der Waals surface area contributed by atoms with E-state index in [-0.39, 0.29) is 11.8 Å². The molecule has 1 aliphatic heterocycles. The standard InChI is InChI=1S/C33H34N6O4/c34-31-26(16-36-33(35)38-31)27-17-39(22-37-27)32-30(42-20-25-14-8-3-9-15-25)29(41-19-24-12-6-2-7-13-24)28(43-32)21-40-18-23-10-4-1-5-11-23/h1-17,22,28-30,32H,18-21H2,(H4,34,35,36,38)/t28-,29-,30-,32-/m1/s1. The van der Waals surface area contributed by atoms with Crippen molar-refractivity contribution in [2.75, 3.05) is 18.1 Å². The SMILES string of the molecule is Nc1ncc(-c2cn([C@@H]3O[C@H](COCc4ccccc4)[C@@H](OCc4ccccc4)[C@H]3OCc3ccccc3)cn2)c(N)n1. The molecule has 4 atom stereocenters. The molecule has 0 aliphatic carbocycles. The molecule has 1 fully saturated rings. The highest BCUT2D eigenvalue weighted by atomic mass is 16.6. The fraction of sp³-hybridized carbons (Fsp3) is 0.242. The molecule has 0 saturated carbocycles. The summed E-state index contributed by atoms with van der Waals surface area (Å²) in [6, 6.07) is 30.1. The van der Waals surface area contributed by atoms with Gasteiger partial charge in [0.25, 0.3) is 0 Å². The summed E-state index contributed by atoms with van der Waals surface area (Å²) in [5, 5.41) is 0. The third kappa shape index (κ3) is 7.07. The largest absolute Gasteiger partial charge is 0.383 e. The molecule has 3 heterocycles. The summed E-state index contributed by atoms with van der Waals surface area (Å²) in [7, 11) is 0. The molecule has 0 radical (unpaired) electrons. The fourth-order valence-electron chi connectivity index (χ4n) is 5.08. The molecule has 5 aromatic rings. The van der Waals surface area contributed by atoms with Gasteiger partial charge in [0.15, 0.2) is 6.23 Å². The van der Waals surface area contributed by atoms with Crippen molar-refractivity contribution in [3.63, 3.8) is 0 Å². The van der Waals surface area contributed by atoms with Crippen LogP contribution in [0.4, 0.5) is 11.8 Å². The lowest BCUT2D eigenvalue weighted by Gasteiger charge is -2.25. The number of anilines is 2. The highest BCUT2D eigenvalue weighted by Crippen LogP contribution is 2.36. The van der Waals surface area contributed by atoms with Gasteiger partial charge >= 0.3 is 0 Å². The van der Waals surface area contributed by atoms with Crippen molar-refractivity contribution in [1.29, 1.82) is 0 Å². The van der Waals surface area contributed by atoms with Crippen LogP contribution in [0.5, 0.6) is 0 Å². The average Bonchev–Trinajstić information content (AvgIpc) is 3.65. The van der Waals surface area contributed by atoms with E-state index >= 15 is 0 Å². The van der Waals surface area contributed by atoms with Crippen LogP contribution in [0.3, 0.4) is 0 Å². The number of aromatic nitrogens is 4. The van der Waals surface area contributed by atoms with E-state index in [1.54, 1.807) is 12.5 Å². The van der Waals surface area contributed by atoms with Gasteiger partial charge in [-0.25, -0.2) is 9.97 Å². The van der Waals surface area contributed by atoms with Gasteiger partial charge in [0.1, 0.15) is 24.1 Å². The zero-order chi connectivity index (χ0) is 29.4. The minimum absolute atomic E-state index is 0.103. The van der Waals surface area contributed by atoms with Gasteiger partial charge in [-0.15, -0.1) is 0 Å². The summed E-state index contributed by atoms with van der Waals surface area (Å²) < 4.78 is 27.8. The fourth-order valence-corrected chi connectivity index (χ4v) is 5.08. The Morgan fingerprint density at radius 3 is 1.91 bits per heavy atom. The molecule has 0 bridgehead atoms. The molecule has 43 heavy (non-hydrogen) atoms. The summed E-state index contributed by atoms with van der Waals surface area (Å²) in [4.78, 5) is 12.7. The first-order valence-electron chi connectivity index (χ1n) is 14.1. The van der Waals surface area contributed by atoms with Crippen molar-refractivity contribution in [1.82, 2.24) is 19.5 Å². The van der Waals surface area contributed by atoms with E-state index in [1.807, 2.05) is 102 Å². The molecule has 0 amide bonds. The van der Waals surface area contributed by atoms with Gasteiger partial charge in [0, 0.05) is 12.4 Å². The van der Waals surface area contributed by atoms with E-state index in [9.17, 15) is 0 Å². The number of nitrogens with two attached hydrogens (primary N) is 2. The summed E-state index contributed by atoms with van der Waals surface area (Å²) in [6.07, 6.45) is 3.24. The maximum Gasteiger partial charge on any atom is 0.221 e. The molecular weight excluding hydrogens is 544 g/mol. The van der Waals surface area contributed by atoms with Gasteiger partial charge in [0.2, 0.25) is 5.95 Å². The molecule has 10 heteroatoms. The van der Waals surface area contributed by atoms with Crippen molar-refractivity contribution >= 4 is 11.8 Å². The van der Waals surface area contributed by atoms with Crippen molar-refractivity contribution in [3.8, 4) is 11.3 Å². The lowest BCUT2D eigenvalue weighted by atomic mass is 10.1. The Hall–Kier alpha value is -4.61. The normalized spacial score (nSPS) is 19.9. The Kier molecular flexibility index (Phi) is 9.00. The Morgan fingerprint density at radius 2 is 1.30 bits per heavy atom. The molecule has 10 nitrogen and oxygen atoms in total. The number of hydrogen-bond acceptors (Lipinski definition) is 9. The van der Waals surface area contributed by atoms with Crippen molar-refractivity contribution in [2.45, 2.75) is 44.4 Å². The minimum Gasteiger partial charge on any atom is -0.383 e. The number of nitrogen functional groups attached to an aromatic ring is 2. The third-order valence-electron chi connectivity index (χ3n) is 7.26. The van der Waals surface area contributed by atoms with E-state index in [4.69, 9.17) is 30.4 Å². The summed E-state index contributed by atoms with van der Waals surface area (Å²) >= 11 is 0. The van der Waals surface area contributed by atoms with Crippen molar-refractivity contribution < 1.29 is 18.9 Å². The van der Waals surface area contributed by atoms with Gasteiger partial charge in [-0.2, -0.15) is 4.98 Å². The Morgan fingerprint density at radius 1 is 0.721 bits per heavy atom. The quantitative estimate of drug-likeness (QED) is 0.214. The van der Waals surface area contributed by atoms with Gasteiger partial charge in [-0.1, -0.05) is 91.0 Å². The predicted molar refractivity (Wildman–Crippen MR) is 162 cm³/mol. The molecular formula is C33H34N6O4. The lowest BCUT2D eigenvalue weighted by Crippen LogP contribution is -2.38. The maximum atomic E-state index is 6.65. The smallest absolute Gasteiger partial charge is 0.221 e. The monoisotopic (exact) mass is 578 g/mol. The van der Waals surface area contributed by atoms with Crippen molar-refractivity contribution in [2.24, 2.45) is 0 Å². The zero-order valence-corrected chi connectivity index (χ0v) is 23.6. The number of nitrogens with zero attached hydrogens (tertiary/aromatic N) is 4. The van der Waals surface area contributed by atoms with Crippen LogP contribution in [0.25, 0.3) is 11.3 Å². The third-order valence-corrected chi connectivity index (χ3v) is 7.26. The second-order valence-electron chi connectivity index (χ2n) is 10.3. The average molecular weight is 579 g/mol. The van der Waals surface area contributed by atoms with E-state index < -0.39 is 24.5 Å². The van der Waals surface area contributed by atoms with Gasteiger partial charge in [-0.05, 0) is 16.7 Å². The zero-order valence-electron chi connectivity index (χ0n) is 23.6. The highest BCUT2D eigenvalue weighted by molar-refractivity contribution is 5.70. The van der Waals surface area contributed by atoms with Crippen LogP contribution in [0, 0.1) is 0 Å². The van der Waals surface area contributed by atoms with Crippen LogP contribution < -0.4 is 11.5 Å². The van der Waals surface area contributed by atoms with Gasteiger partial charge < -0.3 is 35.0 Å². The van der Waals surface area contributed by atoms with E-state index in [1.165, 1.54) is 0 Å². The number of benzene rings is 3. The first-order valence-corrected chi connectivity index (χ1v) is 14.1. The van der Waals surface area contributed by atoms with Crippen molar-refractivity contribution in [3.05, 3.63) is 126 Å². The molecule has 220 valence electrons. The van der Waals surface area contributed by atoms with Crippen LogP contribution in [-0.2, 0) is 38.8 Å². The predicted octanol–water partition coefficient (Wildman–Crippen LogP) is 4.79. The highest BCUT2D eigenvalue weighted by Gasteiger charge is 2.47. The lowest BCUT2D eigenvalue weighted by molar-refractivity contribution is -0.0916. The second-order valence-corrected chi connectivity index (χ2v) is 10.3. The van der Waals surface area contributed by atoms with Crippen LogP contribution >= 0.6 is 0 Å². The van der Waals surface area contributed by atoms with Crippen LogP contribution in [0.1, 0.15) is 22.9 Å². The van der Waals surface area contributed by atoms with Gasteiger partial charge in [0.05, 0.1) is 44.0 Å². The molecule has 1 saturated heterocycles. The first-order chi connectivity index (χ1) is 21.1. The summed E-state index contributed by atoms with van der Waals surface area (Å²) in [5.74, 6) is 0.351. The van der Waals surface area contributed by atoms with Crippen LogP contribution in [-0.4, -0.2) is 44.4 Å². The molecule has 0 unspecified atom stereocenters. The summed E-state index contributed by atoms with van der Waals surface area (Å²) in [5.41, 5.74) is 16.2. The maximum absolute atomic E-state index is 6.65. The minimum atomic E-state index is -0.549. The Balaban J connectivity index is 1.27. The van der Waals surface area contributed by atoms with Gasteiger partial charge in [-0.3, -0.25) is 0 Å². The number of rotatable bonds is 12. The topological polar surface area (TPSA) is 133 Å². The first kappa shape index (κ1) is 28.5. The number of hydrogen-bond donors (Lipinski definition) is 2. The second kappa shape index (κ2) is 13.6. The molecule has 2 aromatic heterocycles. The summed E-state index contributed by atoms with van der Waals surface area (Å²) in [6.45, 7) is 1.55. The van der Waals surface area contributed by atoms with Crippen LogP contribution in [0.2, 0.25) is 0 Å². The Labute approximate surface area is 250 Å². The van der Waals surface area contributed by atoms with E-state index in [2.05, 4.69) is 15.0 Å². The molecule has 4 N–H and O–H groups in total. The van der Waals surface area contributed by atoms with E-state index in [0.29, 0.717) is 37.7 Å².